The standard InChI is InChI=1S/C15H24N2O2/c1-4-16-9-12-7-14(11(2)3)17-15(8-12)19-13-5-6-18-10-13/h7-8,11,13,16H,4-6,9-10H2,1-3H3. The summed E-state index contributed by atoms with van der Waals surface area (Å²) in [4.78, 5) is 4.60. The van der Waals surface area contributed by atoms with Gasteiger partial charge in [-0.3, -0.25) is 0 Å². The summed E-state index contributed by atoms with van der Waals surface area (Å²) in [6, 6.07) is 4.19. The van der Waals surface area contributed by atoms with Crippen LogP contribution in [0.2, 0.25) is 0 Å². The van der Waals surface area contributed by atoms with Crippen molar-refractivity contribution < 1.29 is 9.47 Å². The molecule has 0 radical (unpaired) electrons. The van der Waals surface area contributed by atoms with Crippen LogP contribution in [0.4, 0.5) is 0 Å². The van der Waals surface area contributed by atoms with Crippen molar-refractivity contribution in [2.24, 2.45) is 0 Å². The van der Waals surface area contributed by atoms with Gasteiger partial charge in [0.05, 0.1) is 13.2 Å². The summed E-state index contributed by atoms with van der Waals surface area (Å²) in [6.45, 7) is 9.71. The van der Waals surface area contributed by atoms with E-state index in [1.54, 1.807) is 0 Å². The quantitative estimate of drug-likeness (QED) is 0.857. The highest BCUT2D eigenvalue weighted by atomic mass is 16.5. The molecule has 4 heteroatoms. The van der Waals surface area contributed by atoms with Crippen molar-refractivity contribution in [3.8, 4) is 5.88 Å². The predicted octanol–water partition coefficient (Wildman–Crippen LogP) is 2.48. The van der Waals surface area contributed by atoms with Gasteiger partial charge >= 0.3 is 0 Å². The van der Waals surface area contributed by atoms with E-state index < -0.39 is 0 Å². The van der Waals surface area contributed by atoms with Gasteiger partial charge in [0.15, 0.2) is 0 Å². The van der Waals surface area contributed by atoms with Crippen molar-refractivity contribution >= 4 is 0 Å². The molecular formula is C15H24N2O2. The Morgan fingerprint density at radius 3 is 2.95 bits per heavy atom. The molecular weight excluding hydrogens is 240 g/mol. The molecule has 0 aliphatic carbocycles. The number of rotatable bonds is 6. The van der Waals surface area contributed by atoms with Gasteiger partial charge < -0.3 is 14.8 Å². The lowest BCUT2D eigenvalue weighted by Gasteiger charge is -2.15. The summed E-state index contributed by atoms with van der Waals surface area (Å²) in [5, 5.41) is 3.34. The second-order valence-corrected chi connectivity index (χ2v) is 5.28. The molecule has 4 nitrogen and oxygen atoms in total. The molecule has 2 rings (SSSR count). The van der Waals surface area contributed by atoms with Gasteiger partial charge in [0.25, 0.3) is 0 Å². The molecule has 1 aliphatic heterocycles. The van der Waals surface area contributed by atoms with Gasteiger partial charge in [0.1, 0.15) is 6.10 Å². The van der Waals surface area contributed by atoms with E-state index in [4.69, 9.17) is 9.47 Å². The lowest BCUT2D eigenvalue weighted by atomic mass is 10.1. The molecule has 2 heterocycles. The van der Waals surface area contributed by atoms with E-state index in [9.17, 15) is 0 Å². The van der Waals surface area contributed by atoms with E-state index in [1.165, 1.54) is 5.56 Å². The summed E-state index contributed by atoms with van der Waals surface area (Å²) in [6.07, 6.45) is 1.11. The molecule has 0 amide bonds. The predicted molar refractivity (Wildman–Crippen MR) is 75.6 cm³/mol. The van der Waals surface area contributed by atoms with Crippen LogP contribution < -0.4 is 10.1 Å². The number of pyridine rings is 1. The Bertz CT molecular complexity index is 401. The van der Waals surface area contributed by atoms with E-state index in [1.807, 2.05) is 6.07 Å². The van der Waals surface area contributed by atoms with Crippen LogP contribution in [0.25, 0.3) is 0 Å². The number of nitrogens with zero attached hydrogens (tertiary/aromatic N) is 1. The normalized spacial score (nSPS) is 19.1. The molecule has 0 bridgehead atoms. The molecule has 0 spiro atoms. The first-order valence-electron chi connectivity index (χ1n) is 7.15. The maximum atomic E-state index is 5.92. The van der Waals surface area contributed by atoms with E-state index >= 15 is 0 Å². The molecule has 0 saturated carbocycles. The van der Waals surface area contributed by atoms with E-state index in [2.05, 4.69) is 37.1 Å². The summed E-state index contributed by atoms with van der Waals surface area (Å²) in [5.74, 6) is 1.14. The van der Waals surface area contributed by atoms with Gasteiger partial charge in [-0.25, -0.2) is 4.98 Å². The molecule has 0 aromatic carbocycles. The van der Waals surface area contributed by atoms with Crippen LogP contribution >= 0.6 is 0 Å². The van der Waals surface area contributed by atoms with Gasteiger partial charge in [-0.1, -0.05) is 20.8 Å². The molecule has 1 N–H and O–H groups in total. The molecule has 1 fully saturated rings. The number of aromatic nitrogens is 1. The third-order valence-electron chi connectivity index (χ3n) is 3.23. The van der Waals surface area contributed by atoms with Gasteiger partial charge in [-0.15, -0.1) is 0 Å². The van der Waals surface area contributed by atoms with E-state index in [0.29, 0.717) is 12.5 Å². The highest BCUT2D eigenvalue weighted by Gasteiger charge is 2.18. The molecule has 1 aliphatic rings. The highest BCUT2D eigenvalue weighted by molar-refractivity contribution is 5.27. The van der Waals surface area contributed by atoms with E-state index in [-0.39, 0.29) is 6.10 Å². The fourth-order valence-corrected chi connectivity index (χ4v) is 2.09. The van der Waals surface area contributed by atoms with Crippen molar-refractivity contribution in [3.63, 3.8) is 0 Å². The number of ether oxygens (including phenoxy) is 2. The zero-order chi connectivity index (χ0) is 13.7. The first-order valence-corrected chi connectivity index (χ1v) is 7.15. The number of hydrogen-bond acceptors (Lipinski definition) is 4. The van der Waals surface area contributed by atoms with Gasteiger partial charge in [0, 0.05) is 24.7 Å². The Morgan fingerprint density at radius 2 is 2.32 bits per heavy atom. The van der Waals surface area contributed by atoms with Crippen molar-refractivity contribution in [3.05, 3.63) is 23.4 Å². The molecule has 1 saturated heterocycles. The summed E-state index contributed by atoms with van der Waals surface area (Å²) < 4.78 is 11.3. The second-order valence-electron chi connectivity index (χ2n) is 5.28. The highest BCUT2D eigenvalue weighted by Crippen LogP contribution is 2.21. The van der Waals surface area contributed by atoms with Gasteiger partial charge in [-0.05, 0) is 24.1 Å². The Morgan fingerprint density at radius 1 is 1.47 bits per heavy atom. The average Bonchev–Trinajstić information content (AvgIpc) is 2.89. The molecule has 1 atom stereocenters. The summed E-state index contributed by atoms with van der Waals surface area (Å²) in [7, 11) is 0. The van der Waals surface area contributed by atoms with Crippen LogP contribution in [0.1, 0.15) is 44.4 Å². The van der Waals surface area contributed by atoms with Crippen LogP contribution in [-0.4, -0.2) is 30.8 Å². The maximum absolute atomic E-state index is 5.92. The lowest BCUT2D eigenvalue weighted by Crippen LogP contribution is -2.18. The topological polar surface area (TPSA) is 43.4 Å². The Kier molecular flexibility index (Phi) is 5.16. The van der Waals surface area contributed by atoms with Crippen molar-refractivity contribution in [1.82, 2.24) is 10.3 Å². The van der Waals surface area contributed by atoms with Gasteiger partial charge in [0.2, 0.25) is 5.88 Å². The SMILES string of the molecule is CCNCc1cc(OC2CCOC2)nc(C(C)C)c1. The van der Waals surface area contributed by atoms with E-state index in [0.717, 1.165) is 37.7 Å². The molecule has 1 aromatic rings. The third kappa shape index (κ3) is 4.18. The summed E-state index contributed by atoms with van der Waals surface area (Å²) in [5.41, 5.74) is 2.32. The third-order valence-corrected chi connectivity index (χ3v) is 3.23. The van der Waals surface area contributed by atoms with Crippen molar-refractivity contribution in [2.75, 3.05) is 19.8 Å². The molecule has 106 valence electrons. The van der Waals surface area contributed by atoms with Crippen LogP contribution in [0.5, 0.6) is 5.88 Å². The van der Waals surface area contributed by atoms with Crippen molar-refractivity contribution in [1.29, 1.82) is 0 Å². The Hall–Kier alpha value is -1.13. The maximum Gasteiger partial charge on any atom is 0.214 e. The van der Waals surface area contributed by atoms with Crippen LogP contribution in [0.15, 0.2) is 12.1 Å². The largest absolute Gasteiger partial charge is 0.472 e. The lowest BCUT2D eigenvalue weighted by molar-refractivity contribution is 0.137. The molecule has 1 unspecified atom stereocenters. The van der Waals surface area contributed by atoms with Gasteiger partial charge in [-0.2, -0.15) is 0 Å². The number of hydrogen-bond donors (Lipinski definition) is 1. The zero-order valence-electron chi connectivity index (χ0n) is 12.1. The van der Waals surface area contributed by atoms with Crippen LogP contribution in [0, 0.1) is 0 Å². The smallest absolute Gasteiger partial charge is 0.214 e. The Balaban J connectivity index is 2.12. The first-order chi connectivity index (χ1) is 9.19. The number of nitrogens with one attached hydrogen (secondary N) is 1. The van der Waals surface area contributed by atoms with Crippen LogP contribution in [-0.2, 0) is 11.3 Å². The second kappa shape index (κ2) is 6.87. The Labute approximate surface area is 115 Å². The minimum Gasteiger partial charge on any atom is -0.472 e. The monoisotopic (exact) mass is 264 g/mol. The minimum atomic E-state index is 0.155. The molecule has 1 aromatic heterocycles. The molecule has 19 heavy (non-hydrogen) atoms. The fraction of sp³-hybridized carbons (Fsp3) is 0.667. The minimum absolute atomic E-state index is 0.155. The zero-order valence-corrected chi connectivity index (χ0v) is 12.1. The average molecular weight is 264 g/mol. The fourth-order valence-electron chi connectivity index (χ4n) is 2.09. The van der Waals surface area contributed by atoms with Crippen molar-refractivity contribution in [2.45, 2.75) is 45.8 Å². The first kappa shape index (κ1) is 14.3. The van der Waals surface area contributed by atoms with Crippen LogP contribution in [0.3, 0.4) is 0 Å². The summed E-state index contributed by atoms with van der Waals surface area (Å²) >= 11 is 0.